The number of rotatable bonds is 7. The third-order valence-electron chi connectivity index (χ3n) is 2.66. The van der Waals surface area contributed by atoms with Crippen molar-refractivity contribution in [3.63, 3.8) is 0 Å². The van der Waals surface area contributed by atoms with Crippen LogP contribution in [0.4, 0.5) is 21.3 Å². The summed E-state index contributed by atoms with van der Waals surface area (Å²) in [5.41, 5.74) is 1.53. The number of amides is 1. The molecule has 118 valence electrons. The van der Waals surface area contributed by atoms with E-state index in [1.165, 1.54) is 11.5 Å². The number of nitrogens with one attached hydrogen (secondary N) is 2. The van der Waals surface area contributed by atoms with Gasteiger partial charge in [-0.2, -0.15) is 4.37 Å². The molecule has 0 bridgehead atoms. The Morgan fingerprint density at radius 2 is 2.00 bits per heavy atom. The van der Waals surface area contributed by atoms with Crippen molar-refractivity contribution in [2.45, 2.75) is 13.3 Å². The summed E-state index contributed by atoms with van der Waals surface area (Å²) in [6.45, 7) is 2.70. The number of nitrogens with zero attached hydrogens (tertiary/aromatic N) is 2. The molecule has 0 fully saturated rings. The van der Waals surface area contributed by atoms with Gasteiger partial charge >= 0.3 is 6.09 Å². The minimum atomic E-state index is -0.463. The van der Waals surface area contributed by atoms with Crippen LogP contribution in [-0.4, -0.2) is 35.8 Å². The van der Waals surface area contributed by atoms with Gasteiger partial charge in [-0.15, -0.1) is 0 Å². The Hall–Kier alpha value is -2.19. The van der Waals surface area contributed by atoms with Crippen molar-refractivity contribution >= 4 is 34.1 Å². The fourth-order valence-corrected chi connectivity index (χ4v) is 2.28. The first-order chi connectivity index (χ1) is 10.7. The lowest BCUT2D eigenvalue weighted by molar-refractivity contribution is 0.168. The highest BCUT2D eigenvalue weighted by Crippen LogP contribution is 2.20. The summed E-state index contributed by atoms with van der Waals surface area (Å²) in [4.78, 5) is 15.7. The molecule has 1 heterocycles. The number of carbonyl (C=O) groups is 1. The Balaban J connectivity index is 1.90. The number of carbonyl (C=O) groups excluding carboxylic acids is 1. The summed E-state index contributed by atoms with van der Waals surface area (Å²) in [6.07, 6.45) is 0.229. The second kappa shape index (κ2) is 8.30. The SMILES string of the molecule is CCOC(=O)Nc1ccc(Nc2nc(CCOC)ns2)cc1. The molecule has 0 aliphatic rings. The topological polar surface area (TPSA) is 85.4 Å². The smallest absolute Gasteiger partial charge is 0.411 e. The third kappa shape index (κ3) is 4.97. The number of benzene rings is 1. The van der Waals surface area contributed by atoms with E-state index in [9.17, 15) is 4.79 Å². The lowest BCUT2D eigenvalue weighted by Gasteiger charge is -2.06. The van der Waals surface area contributed by atoms with E-state index in [1.807, 2.05) is 12.1 Å². The summed E-state index contributed by atoms with van der Waals surface area (Å²) in [7, 11) is 1.65. The maximum absolute atomic E-state index is 11.3. The number of methoxy groups -OCH3 is 1. The average Bonchev–Trinajstić information content (AvgIpc) is 2.95. The Kier molecular flexibility index (Phi) is 6.11. The van der Waals surface area contributed by atoms with Crippen LogP contribution in [0.3, 0.4) is 0 Å². The first-order valence-corrected chi connectivity index (χ1v) is 7.61. The van der Waals surface area contributed by atoms with Crippen LogP contribution in [-0.2, 0) is 15.9 Å². The van der Waals surface area contributed by atoms with E-state index in [2.05, 4.69) is 20.0 Å². The number of hydrogen-bond donors (Lipinski definition) is 2. The van der Waals surface area contributed by atoms with Gasteiger partial charge in [0.25, 0.3) is 0 Å². The summed E-state index contributed by atoms with van der Waals surface area (Å²) in [6, 6.07) is 7.26. The van der Waals surface area contributed by atoms with Gasteiger partial charge < -0.3 is 14.8 Å². The van der Waals surface area contributed by atoms with Crippen molar-refractivity contribution in [3.05, 3.63) is 30.1 Å². The number of ether oxygens (including phenoxy) is 2. The minimum absolute atomic E-state index is 0.341. The van der Waals surface area contributed by atoms with E-state index in [0.29, 0.717) is 25.3 Å². The molecule has 2 N–H and O–H groups in total. The molecule has 0 unspecified atom stereocenters. The Labute approximate surface area is 132 Å². The number of anilines is 3. The molecule has 2 aromatic rings. The van der Waals surface area contributed by atoms with Gasteiger partial charge in [0.2, 0.25) is 5.13 Å². The highest BCUT2D eigenvalue weighted by Gasteiger charge is 2.05. The van der Waals surface area contributed by atoms with Crippen LogP contribution in [0.25, 0.3) is 0 Å². The van der Waals surface area contributed by atoms with E-state index < -0.39 is 6.09 Å². The van der Waals surface area contributed by atoms with Crippen LogP contribution in [0, 0.1) is 0 Å². The molecule has 1 aromatic carbocycles. The van der Waals surface area contributed by atoms with Crippen LogP contribution >= 0.6 is 11.5 Å². The van der Waals surface area contributed by atoms with E-state index in [1.54, 1.807) is 26.2 Å². The molecule has 7 nitrogen and oxygen atoms in total. The lowest BCUT2D eigenvalue weighted by atomic mass is 10.3. The predicted octanol–water partition coefficient (Wildman–Crippen LogP) is 3.04. The molecule has 8 heteroatoms. The largest absolute Gasteiger partial charge is 0.450 e. The quantitative estimate of drug-likeness (QED) is 0.815. The predicted molar refractivity (Wildman–Crippen MR) is 85.9 cm³/mol. The normalized spacial score (nSPS) is 10.3. The zero-order valence-corrected chi connectivity index (χ0v) is 13.3. The number of aromatic nitrogens is 2. The van der Waals surface area contributed by atoms with Crippen LogP contribution in [0.5, 0.6) is 0 Å². The average molecular weight is 322 g/mol. The van der Waals surface area contributed by atoms with Gasteiger partial charge in [0.15, 0.2) is 0 Å². The monoisotopic (exact) mass is 322 g/mol. The zero-order chi connectivity index (χ0) is 15.8. The van der Waals surface area contributed by atoms with Crippen molar-refractivity contribution in [2.24, 2.45) is 0 Å². The maximum Gasteiger partial charge on any atom is 0.411 e. The maximum atomic E-state index is 11.3. The number of hydrogen-bond acceptors (Lipinski definition) is 7. The zero-order valence-electron chi connectivity index (χ0n) is 12.5. The second-order valence-corrected chi connectivity index (χ2v) is 5.06. The lowest BCUT2D eigenvalue weighted by Crippen LogP contribution is -2.13. The van der Waals surface area contributed by atoms with E-state index in [-0.39, 0.29) is 0 Å². The molecule has 0 aliphatic heterocycles. The van der Waals surface area contributed by atoms with Gasteiger partial charge in [-0.05, 0) is 31.2 Å². The fraction of sp³-hybridized carbons (Fsp3) is 0.357. The van der Waals surface area contributed by atoms with Crippen molar-refractivity contribution in [1.82, 2.24) is 9.36 Å². The van der Waals surface area contributed by atoms with Crippen LogP contribution in [0.2, 0.25) is 0 Å². The van der Waals surface area contributed by atoms with E-state index >= 15 is 0 Å². The third-order valence-corrected chi connectivity index (χ3v) is 3.32. The molecule has 1 aromatic heterocycles. The Morgan fingerprint density at radius 1 is 1.27 bits per heavy atom. The molecule has 0 aliphatic carbocycles. The first kappa shape index (κ1) is 16.2. The molecule has 1 amide bonds. The van der Waals surface area contributed by atoms with Gasteiger partial charge in [-0.25, -0.2) is 9.78 Å². The van der Waals surface area contributed by atoms with E-state index in [0.717, 1.165) is 16.6 Å². The molecule has 0 radical (unpaired) electrons. The molecule has 2 rings (SSSR count). The highest BCUT2D eigenvalue weighted by atomic mass is 32.1. The van der Waals surface area contributed by atoms with Crippen molar-refractivity contribution < 1.29 is 14.3 Å². The highest BCUT2D eigenvalue weighted by molar-refractivity contribution is 7.09. The van der Waals surface area contributed by atoms with E-state index in [4.69, 9.17) is 9.47 Å². The summed E-state index contributed by atoms with van der Waals surface area (Å²) in [5, 5.41) is 6.52. The van der Waals surface area contributed by atoms with Crippen LogP contribution < -0.4 is 10.6 Å². The first-order valence-electron chi connectivity index (χ1n) is 6.83. The molecule has 0 spiro atoms. The standard InChI is InChI=1S/C14H18N4O3S/c1-3-21-14(19)16-11-6-4-10(5-7-11)15-13-17-12(18-22-13)8-9-20-2/h4-7H,3,8-9H2,1-2H3,(H,16,19)(H,15,17,18). The van der Waals surface area contributed by atoms with Crippen LogP contribution in [0.1, 0.15) is 12.7 Å². The van der Waals surface area contributed by atoms with Gasteiger partial charge in [-0.3, -0.25) is 5.32 Å². The minimum Gasteiger partial charge on any atom is -0.450 e. The molecular formula is C14H18N4O3S. The van der Waals surface area contributed by atoms with Crippen LogP contribution in [0.15, 0.2) is 24.3 Å². The van der Waals surface area contributed by atoms with Gasteiger partial charge in [0.05, 0.1) is 13.2 Å². The Bertz CT molecular complexity index is 600. The van der Waals surface area contributed by atoms with Crippen molar-refractivity contribution in [3.8, 4) is 0 Å². The molecular weight excluding hydrogens is 304 g/mol. The summed E-state index contributed by atoms with van der Waals surface area (Å²) >= 11 is 1.30. The summed E-state index contributed by atoms with van der Waals surface area (Å²) < 4.78 is 14.1. The van der Waals surface area contributed by atoms with Gasteiger partial charge in [0.1, 0.15) is 5.82 Å². The molecule has 22 heavy (non-hydrogen) atoms. The van der Waals surface area contributed by atoms with Gasteiger partial charge in [0, 0.05) is 36.4 Å². The van der Waals surface area contributed by atoms with Crippen molar-refractivity contribution in [2.75, 3.05) is 31.0 Å². The molecule has 0 atom stereocenters. The molecule has 0 saturated carbocycles. The fourth-order valence-electron chi connectivity index (χ4n) is 1.65. The van der Waals surface area contributed by atoms with Gasteiger partial charge in [-0.1, -0.05) is 0 Å². The Morgan fingerprint density at radius 3 is 2.68 bits per heavy atom. The molecule has 0 saturated heterocycles. The second-order valence-electron chi connectivity index (χ2n) is 4.31. The van der Waals surface area contributed by atoms with Crippen molar-refractivity contribution in [1.29, 1.82) is 0 Å². The summed E-state index contributed by atoms with van der Waals surface area (Å²) in [5.74, 6) is 0.759.